The summed E-state index contributed by atoms with van der Waals surface area (Å²) >= 11 is 1.36. The quantitative estimate of drug-likeness (QED) is 0.875. The van der Waals surface area contributed by atoms with Gasteiger partial charge in [0.15, 0.2) is 0 Å². The largest absolute Gasteiger partial charge is 0.495 e. The molecular formula is C13H14N2O3S. The molecule has 0 bridgehead atoms. The van der Waals surface area contributed by atoms with E-state index in [1.165, 1.54) is 11.3 Å². The van der Waals surface area contributed by atoms with Crippen LogP contribution in [0.5, 0.6) is 5.75 Å². The Labute approximate surface area is 114 Å². The van der Waals surface area contributed by atoms with Gasteiger partial charge in [0.25, 0.3) is 0 Å². The second kappa shape index (κ2) is 6.31. The molecule has 0 unspecified atom stereocenters. The van der Waals surface area contributed by atoms with Crippen LogP contribution in [0.2, 0.25) is 0 Å². The lowest BCUT2D eigenvalue weighted by Gasteiger charge is -2.08. The van der Waals surface area contributed by atoms with Crippen molar-refractivity contribution >= 4 is 22.9 Å². The fourth-order valence-corrected chi connectivity index (χ4v) is 2.37. The van der Waals surface area contributed by atoms with Crippen LogP contribution in [-0.2, 0) is 17.8 Å². The SMILES string of the molecule is COc1ccccc1NC(=O)Cc1nc(CO)cs1. The number of thiazole rings is 1. The van der Waals surface area contributed by atoms with Gasteiger partial charge in [0.2, 0.25) is 5.91 Å². The zero-order valence-corrected chi connectivity index (χ0v) is 11.2. The maximum atomic E-state index is 11.9. The van der Waals surface area contributed by atoms with Crippen molar-refractivity contribution in [2.45, 2.75) is 13.0 Å². The highest BCUT2D eigenvalue weighted by molar-refractivity contribution is 7.09. The Hall–Kier alpha value is -1.92. The summed E-state index contributed by atoms with van der Waals surface area (Å²) in [7, 11) is 1.55. The molecule has 2 aromatic rings. The number of nitrogens with one attached hydrogen (secondary N) is 1. The molecule has 1 aromatic heterocycles. The van der Waals surface area contributed by atoms with Crippen LogP contribution >= 0.6 is 11.3 Å². The maximum Gasteiger partial charge on any atom is 0.231 e. The summed E-state index contributed by atoms with van der Waals surface area (Å²) in [6.07, 6.45) is 0.183. The molecule has 0 saturated carbocycles. The van der Waals surface area contributed by atoms with Crippen molar-refractivity contribution in [1.29, 1.82) is 0 Å². The summed E-state index contributed by atoms with van der Waals surface area (Å²) in [5, 5.41) is 14.1. The lowest BCUT2D eigenvalue weighted by molar-refractivity contribution is -0.115. The van der Waals surface area contributed by atoms with Crippen molar-refractivity contribution in [3.8, 4) is 5.75 Å². The number of nitrogens with zero attached hydrogens (tertiary/aromatic N) is 1. The molecule has 1 heterocycles. The molecule has 0 fully saturated rings. The first-order valence-corrected chi connectivity index (χ1v) is 6.58. The van der Waals surface area contributed by atoms with Gasteiger partial charge in [-0.15, -0.1) is 11.3 Å². The van der Waals surface area contributed by atoms with Crippen LogP contribution in [0.4, 0.5) is 5.69 Å². The van der Waals surface area contributed by atoms with Gasteiger partial charge in [-0.1, -0.05) is 12.1 Å². The van der Waals surface area contributed by atoms with Gasteiger partial charge in [-0.3, -0.25) is 4.79 Å². The number of para-hydroxylation sites is 2. The molecule has 0 aliphatic rings. The Balaban J connectivity index is 2.01. The molecule has 100 valence electrons. The molecule has 0 aliphatic heterocycles. The third-order valence-electron chi connectivity index (χ3n) is 2.45. The average molecular weight is 278 g/mol. The molecule has 0 atom stereocenters. The molecule has 0 spiro atoms. The summed E-state index contributed by atoms with van der Waals surface area (Å²) in [5.41, 5.74) is 1.22. The highest BCUT2D eigenvalue weighted by Crippen LogP contribution is 2.23. The molecule has 6 heteroatoms. The van der Waals surface area contributed by atoms with Crippen LogP contribution in [-0.4, -0.2) is 23.1 Å². The minimum atomic E-state index is -0.164. The van der Waals surface area contributed by atoms with E-state index in [0.29, 0.717) is 22.1 Å². The number of carbonyl (C=O) groups excluding carboxylic acids is 1. The van der Waals surface area contributed by atoms with E-state index in [-0.39, 0.29) is 18.9 Å². The number of hydrogen-bond donors (Lipinski definition) is 2. The Morgan fingerprint density at radius 3 is 2.95 bits per heavy atom. The summed E-state index contributed by atoms with van der Waals surface area (Å²) in [6.45, 7) is -0.107. The number of aliphatic hydroxyl groups is 1. The summed E-state index contributed by atoms with van der Waals surface area (Å²) in [4.78, 5) is 16.0. The van der Waals surface area contributed by atoms with Crippen LogP contribution in [0.15, 0.2) is 29.6 Å². The number of methoxy groups -OCH3 is 1. The number of ether oxygens (including phenoxy) is 1. The minimum Gasteiger partial charge on any atom is -0.495 e. The van der Waals surface area contributed by atoms with E-state index < -0.39 is 0 Å². The molecule has 0 saturated heterocycles. The molecule has 5 nitrogen and oxygen atoms in total. The Kier molecular flexibility index (Phi) is 4.48. The molecule has 2 N–H and O–H groups in total. The topological polar surface area (TPSA) is 71.5 Å². The number of aliphatic hydroxyl groups excluding tert-OH is 1. The fraction of sp³-hybridized carbons (Fsp3) is 0.231. The number of rotatable bonds is 5. The first-order chi connectivity index (χ1) is 9.22. The Morgan fingerprint density at radius 1 is 1.47 bits per heavy atom. The maximum absolute atomic E-state index is 11.9. The molecule has 0 radical (unpaired) electrons. The van der Waals surface area contributed by atoms with Gasteiger partial charge in [0.05, 0.1) is 31.5 Å². The van der Waals surface area contributed by atoms with Crippen LogP contribution in [0.1, 0.15) is 10.7 Å². The first-order valence-electron chi connectivity index (χ1n) is 5.70. The van der Waals surface area contributed by atoms with Gasteiger partial charge in [-0.2, -0.15) is 0 Å². The summed E-state index contributed by atoms with van der Waals surface area (Å²) in [6, 6.07) is 7.22. The van der Waals surface area contributed by atoms with E-state index in [1.807, 2.05) is 12.1 Å². The predicted molar refractivity (Wildman–Crippen MR) is 73.4 cm³/mol. The van der Waals surface area contributed by atoms with Crippen molar-refractivity contribution in [2.75, 3.05) is 12.4 Å². The fourth-order valence-electron chi connectivity index (χ4n) is 1.58. The summed E-state index contributed by atoms with van der Waals surface area (Å²) < 4.78 is 5.16. The lowest BCUT2D eigenvalue weighted by atomic mass is 10.3. The van der Waals surface area contributed by atoms with E-state index in [1.54, 1.807) is 24.6 Å². The van der Waals surface area contributed by atoms with E-state index in [9.17, 15) is 4.79 Å². The minimum absolute atomic E-state index is 0.107. The standard InChI is InChI=1S/C13H14N2O3S/c1-18-11-5-3-2-4-10(11)15-12(17)6-13-14-9(7-16)8-19-13/h2-5,8,16H,6-7H2,1H3,(H,15,17). The first kappa shape index (κ1) is 13.5. The van der Waals surface area contributed by atoms with Crippen LogP contribution in [0.25, 0.3) is 0 Å². The highest BCUT2D eigenvalue weighted by atomic mass is 32.1. The number of carbonyl (C=O) groups is 1. The second-order valence-electron chi connectivity index (χ2n) is 3.82. The summed E-state index contributed by atoms with van der Waals surface area (Å²) in [5.74, 6) is 0.453. The molecular weight excluding hydrogens is 264 g/mol. The van der Waals surface area contributed by atoms with Gasteiger partial charge in [0.1, 0.15) is 10.8 Å². The van der Waals surface area contributed by atoms with Crippen molar-refractivity contribution < 1.29 is 14.6 Å². The molecule has 19 heavy (non-hydrogen) atoms. The predicted octanol–water partition coefficient (Wildman–Crippen LogP) is 1.83. The molecule has 0 aliphatic carbocycles. The third-order valence-corrected chi connectivity index (χ3v) is 3.35. The number of amides is 1. The normalized spacial score (nSPS) is 10.2. The van der Waals surface area contributed by atoms with E-state index >= 15 is 0 Å². The van der Waals surface area contributed by atoms with Crippen molar-refractivity contribution in [1.82, 2.24) is 4.98 Å². The van der Waals surface area contributed by atoms with Gasteiger partial charge >= 0.3 is 0 Å². The lowest BCUT2D eigenvalue weighted by Crippen LogP contribution is -2.14. The van der Waals surface area contributed by atoms with E-state index in [0.717, 1.165) is 0 Å². The van der Waals surface area contributed by atoms with Crippen LogP contribution < -0.4 is 10.1 Å². The van der Waals surface area contributed by atoms with Crippen LogP contribution in [0, 0.1) is 0 Å². The van der Waals surface area contributed by atoms with Crippen molar-refractivity contribution in [3.63, 3.8) is 0 Å². The molecule has 2 rings (SSSR count). The van der Waals surface area contributed by atoms with Gasteiger partial charge in [-0.25, -0.2) is 4.98 Å². The zero-order chi connectivity index (χ0) is 13.7. The van der Waals surface area contributed by atoms with E-state index in [2.05, 4.69) is 10.3 Å². The van der Waals surface area contributed by atoms with Crippen LogP contribution in [0.3, 0.4) is 0 Å². The highest BCUT2D eigenvalue weighted by Gasteiger charge is 2.10. The number of anilines is 1. The van der Waals surface area contributed by atoms with Crippen molar-refractivity contribution in [3.05, 3.63) is 40.3 Å². The second-order valence-corrected chi connectivity index (χ2v) is 4.76. The van der Waals surface area contributed by atoms with E-state index in [4.69, 9.17) is 9.84 Å². The number of aromatic nitrogens is 1. The molecule has 1 amide bonds. The van der Waals surface area contributed by atoms with Crippen molar-refractivity contribution in [2.24, 2.45) is 0 Å². The smallest absolute Gasteiger partial charge is 0.231 e. The Morgan fingerprint density at radius 2 is 2.26 bits per heavy atom. The third kappa shape index (κ3) is 3.52. The molecule has 1 aromatic carbocycles. The Bertz CT molecular complexity index is 569. The number of hydrogen-bond acceptors (Lipinski definition) is 5. The average Bonchev–Trinajstić information content (AvgIpc) is 2.87. The monoisotopic (exact) mass is 278 g/mol. The van der Waals surface area contributed by atoms with Gasteiger partial charge in [0, 0.05) is 5.38 Å². The van der Waals surface area contributed by atoms with Gasteiger partial charge < -0.3 is 15.2 Å². The zero-order valence-electron chi connectivity index (χ0n) is 10.4. The van der Waals surface area contributed by atoms with Gasteiger partial charge in [-0.05, 0) is 12.1 Å². The number of benzene rings is 1.